The molecule has 2 rings (SSSR count). The zero-order valence-electron chi connectivity index (χ0n) is 10.2. The second-order valence-electron chi connectivity index (χ2n) is 4.97. The number of rotatable bonds is 4. The van der Waals surface area contributed by atoms with Crippen molar-refractivity contribution in [3.63, 3.8) is 0 Å². The van der Waals surface area contributed by atoms with Crippen molar-refractivity contribution in [1.29, 1.82) is 0 Å². The molecule has 1 aliphatic rings. The maximum absolute atomic E-state index is 11.9. The molecule has 1 aliphatic carbocycles. The van der Waals surface area contributed by atoms with Crippen LogP contribution in [0, 0.1) is 5.41 Å². The van der Waals surface area contributed by atoms with E-state index in [0.717, 1.165) is 17.4 Å². The topological polar surface area (TPSA) is 44.9 Å². The number of halogens is 1. The molecular formula is C13H19BrN2O. The molecule has 1 amide bonds. The minimum absolute atomic E-state index is 0.00424. The first-order valence-electron chi connectivity index (χ1n) is 6.27. The van der Waals surface area contributed by atoms with Gasteiger partial charge in [0, 0.05) is 17.2 Å². The predicted octanol–water partition coefficient (Wildman–Crippen LogP) is 3.48. The van der Waals surface area contributed by atoms with Gasteiger partial charge in [-0.05, 0) is 46.7 Å². The van der Waals surface area contributed by atoms with Gasteiger partial charge in [0.15, 0.2) is 0 Å². The Morgan fingerprint density at radius 1 is 1.53 bits per heavy atom. The molecule has 0 aliphatic heterocycles. The Labute approximate surface area is 110 Å². The van der Waals surface area contributed by atoms with Gasteiger partial charge in [0.2, 0.25) is 0 Å². The number of aromatic amines is 1. The van der Waals surface area contributed by atoms with Gasteiger partial charge in [-0.2, -0.15) is 0 Å². The summed E-state index contributed by atoms with van der Waals surface area (Å²) >= 11 is 3.33. The van der Waals surface area contributed by atoms with Crippen LogP contribution in [0.3, 0.4) is 0 Å². The lowest BCUT2D eigenvalue weighted by Gasteiger charge is -2.27. The molecule has 0 atom stereocenters. The number of hydrogen-bond acceptors (Lipinski definition) is 1. The van der Waals surface area contributed by atoms with Gasteiger partial charge in [-0.3, -0.25) is 4.79 Å². The number of H-pyrrole nitrogens is 1. The van der Waals surface area contributed by atoms with Gasteiger partial charge >= 0.3 is 0 Å². The molecular weight excluding hydrogens is 280 g/mol. The van der Waals surface area contributed by atoms with Crippen molar-refractivity contribution in [1.82, 2.24) is 10.3 Å². The number of amides is 1. The maximum atomic E-state index is 11.9. The molecule has 1 saturated carbocycles. The Morgan fingerprint density at radius 3 is 2.76 bits per heavy atom. The van der Waals surface area contributed by atoms with Crippen molar-refractivity contribution < 1.29 is 4.79 Å². The first-order valence-corrected chi connectivity index (χ1v) is 7.07. The minimum Gasteiger partial charge on any atom is -0.356 e. The zero-order chi connectivity index (χ0) is 12.3. The van der Waals surface area contributed by atoms with E-state index < -0.39 is 0 Å². The van der Waals surface area contributed by atoms with Crippen LogP contribution >= 0.6 is 15.9 Å². The highest BCUT2D eigenvalue weighted by Gasteiger charge is 2.32. The first-order chi connectivity index (χ1) is 8.15. The van der Waals surface area contributed by atoms with Gasteiger partial charge in [-0.25, -0.2) is 0 Å². The summed E-state index contributed by atoms with van der Waals surface area (Å²) in [7, 11) is 0. The summed E-state index contributed by atoms with van der Waals surface area (Å²) in [6.45, 7) is 3.03. The quantitative estimate of drug-likeness (QED) is 0.878. The summed E-state index contributed by atoms with van der Waals surface area (Å²) in [5.41, 5.74) is 0.973. The molecule has 0 radical (unpaired) electrons. The summed E-state index contributed by atoms with van der Waals surface area (Å²) in [6.07, 6.45) is 8.04. The van der Waals surface area contributed by atoms with E-state index in [1.165, 1.54) is 25.7 Å². The molecule has 17 heavy (non-hydrogen) atoms. The lowest BCUT2D eigenvalue weighted by molar-refractivity contribution is 0.0924. The average Bonchev–Trinajstić information content (AvgIpc) is 2.95. The summed E-state index contributed by atoms with van der Waals surface area (Å²) < 4.78 is 0.911. The van der Waals surface area contributed by atoms with E-state index >= 15 is 0 Å². The second kappa shape index (κ2) is 5.25. The van der Waals surface area contributed by atoms with E-state index in [4.69, 9.17) is 0 Å². The van der Waals surface area contributed by atoms with Gasteiger partial charge in [-0.15, -0.1) is 0 Å². The summed E-state index contributed by atoms with van der Waals surface area (Å²) in [5, 5.41) is 3.05. The molecule has 1 fully saturated rings. The van der Waals surface area contributed by atoms with Crippen molar-refractivity contribution in [3.05, 3.63) is 22.4 Å². The van der Waals surface area contributed by atoms with E-state index in [1.807, 2.05) is 6.07 Å². The maximum Gasteiger partial charge on any atom is 0.267 e. The highest BCUT2D eigenvalue weighted by Crippen LogP contribution is 2.40. The highest BCUT2D eigenvalue weighted by molar-refractivity contribution is 9.10. The number of hydrogen-bond donors (Lipinski definition) is 2. The third-order valence-corrected chi connectivity index (χ3v) is 4.39. The second-order valence-corrected chi connectivity index (χ2v) is 5.89. The molecule has 0 saturated heterocycles. The molecule has 0 bridgehead atoms. The number of nitrogens with one attached hydrogen (secondary N) is 2. The number of carbonyl (C=O) groups excluding carboxylic acids is 1. The Morgan fingerprint density at radius 2 is 2.24 bits per heavy atom. The van der Waals surface area contributed by atoms with Crippen LogP contribution < -0.4 is 5.32 Å². The lowest BCUT2D eigenvalue weighted by Crippen LogP contribution is -2.35. The van der Waals surface area contributed by atoms with Gasteiger partial charge < -0.3 is 10.3 Å². The molecule has 2 N–H and O–H groups in total. The van der Waals surface area contributed by atoms with Gasteiger partial charge in [-0.1, -0.05) is 19.8 Å². The SMILES string of the molecule is CCC1(CNC(=O)c2cc(Br)c[nH]2)CCCC1. The largest absolute Gasteiger partial charge is 0.356 e. The average molecular weight is 299 g/mol. The first kappa shape index (κ1) is 12.7. The zero-order valence-corrected chi connectivity index (χ0v) is 11.8. The van der Waals surface area contributed by atoms with E-state index in [-0.39, 0.29) is 5.91 Å². The minimum atomic E-state index is -0.00424. The Bertz CT molecular complexity index is 394. The van der Waals surface area contributed by atoms with Crippen LogP contribution in [0.2, 0.25) is 0 Å². The standard InChI is InChI=1S/C13H19BrN2O/c1-2-13(5-3-4-6-13)9-16-12(17)11-7-10(14)8-15-11/h7-8,15H,2-6,9H2,1H3,(H,16,17). The van der Waals surface area contributed by atoms with Crippen LogP contribution in [0.15, 0.2) is 16.7 Å². The molecule has 1 aromatic heterocycles. The summed E-state index contributed by atoms with van der Waals surface area (Å²) in [6, 6.07) is 1.81. The summed E-state index contributed by atoms with van der Waals surface area (Å²) in [5.74, 6) is -0.00424. The number of carbonyl (C=O) groups is 1. The molecule has 1 heterocycles. The third kappa shape index (κ3) is 2.92. The molecule has 0 unspecified atom stereocenters. The normalized spacial score (nSPS) is 18.2. The van der Waals surface area contributed by atoms with E-state index in [1.54, 1.807) is 6.20 Å². The van der Waals surface area contributed by atoms with Crippen molar-refractivity contribution in [2.75, 3.05) is 6.54 Å². The fraction of sp³-hybridized carbons (Fsp3) is 0.615. The fourth-order valence-corrected chi connectivity index (χ4v) is 2.99. The smallest absolute Gasteiger partial charge is 0.267 e. The van der Waals surface area contributed by atoms with E-state index in [9.17, 15) is 4.79 Å². The van der Waals surface area contributed by atoms with Crippen molar-refractivity contribution in [3.8, 4) is 0 Å². The highest BCUT2D eigenvalue weighted by atomic mass is 79.9. The Hall–Kier alpha value is -0.770. The molecule has 0 spiro atoms. The van der Waals surface area contributed by atoms with Gasteiger partial charge in [0.1, 0.15) is 5.69 Å². The van der Waals surface area contributed by atoms with Crippen LogP contribution in [0.4, 0.5) is 0 Å². The van der Waals surface area contributed by atoms with Crippen LogP contribution in [0.25, 0.3) is 0 Å². The number of aromatic nitrogens is 1. The third-order valence-electron chi connectivity index (χ3n) is 3.93. The molecule has 0 aromatic carbocycles. The summed E-state index contributed by atoms with van der Waals surface area (Å²) in [4.78, 5) is 14.9. The monoisotopic (exact) mass is 298 g/mol. The van der Waals surface area contributed by atoms with E-state index in [2.05, 4.69) is 33.2 Å². The van der Waals surface area contributed by atoms with Crippen LogP contribution in [0.5, 0.6) is 0 Å². The van der Waals surface area contributed by atoms with Crippen LogP contribution in [-0.4, -0.2) is 17.4 Å². The molecule has 4 heteroatoms. The van der Waals surface area contributed by atoms with Crippen molar-refractivity contribution in [2.24, 2.45) is 5.41 Å². The molecule has 1 aromatic rings. The molecule has 3 nitrogen and oxygen atoms in total. The van der Waals surface area contributed by atoms with Crippen molar-refractivity contribution in [2.45, 2.75) is 39.0 Å². The van der Waals surface area contributed by atoms with Gasteiger partial charge in [0.25, 0.3) is 5.91 Å². The van der Waals surface area contributed by atoms with E-state index in [0.29, 0.717) is 11.1 Å². The van der Waals surface area contributed by atoms with Crippen LogP contribution in [0.1, 0.15) is 49.5 Å². The fourth-order valence-electron chi connectivity index (χ4n) is 2.64. The van der Waals surface area contributed by atoms with Crippen LogP contribution in [-0.2, 0) is 0 Å². The lowest BCUT2D eigenvalue weighted by atomic mass is 9.83. The molecule has 94 valence electrons. The predicted molar refractivity (Wildman–Crippen MR) is 72.0 cm³/mol. The Kier molecular flexibility index (Phi) is 3.92. The van der Waals surface area contributed by atoms with Gasteiger partial charge in [0.05, 0.1) is 0 Å². The Balaban J connectivity index is 1.91. The van der Waals surface area contributed by atoms with Crippen molar-refractivity contribution >= 4 is 21.8 Å².